The number of benzene rings is 1. The molecule has 1 aliphatic rings. The number of nitrogens with zero attached hydrogens (tertiary/aromatic N) is 3. The van der Waals surface area contributed by atoms with Crippen LogP contribution < -0.4 is 10.9 Å². The molecule has 1 amide bonds. The molecule has 2 heterocycles. The van der Waals surface area contributed by atoms with Gasteiger partial charge < -0.3 is 10.2 Å². The van der Waals surface area contributed by atoms with Crippen molar-refractivity contribution in [1.82, 2.24) is 14.8 Å². The monoisotopic (exact) mass is 440 g/mol. The van der Waals surface area contributed by atoms with Gasteiger partial charge in [0.1, 0.15) is 5.69 Å². The number of anilines is 1. The van der Waals surface area contributed by atoms with Crippen LogP contribution >= 0.6 is 11.3 Å². The largest absolute Gasteiger partial charge is 0.465 e. The van der Waals surface area contributed by atoms with Crippen LogP contribution in [0, 0.1) is 6.92 Å². The summed E-state index contributed by atoms with van der Waals surface area (Å²) in [6.45, 7) is 2.10. The van der Waals surface area contributed by atoms with E-state index >= 15 is 0 Å². The molecule has 0 radical (unpaired) electrons. The fraction of sp³-hybridized carbons (Fsp3) is 0.364. The highest BCUT2D eigenvalue weighted by Crippen LogP contribution is 2.38. The summed E-state index contributed by atoms with van der Waals surface area (Å²) in [5.41, 5.74) is 1.75. The maximum atomic E-state index is 12.5. The molecule has 31 heavy (non-hydrogen) atoms. The summed E-state index contributed by atoms with van der Waals surface area (Å²) in [5, 5.41) is 27.1. The Bertz CT molecular complexity index is 1160. The average molecular weight is 441 g/mol. The number of amides is 1. The van der Waals surface area contributed by atoms with E-state index in [1.54, 1.807) is 6.07 Å². The van der Waals surface area contributed by atoms with E-state index in [4.69, 9.17) is 5.11 Å². The zero-order chi connectivity index (χ0) is 22.0. The van der Waals surface area contributed by atoms with E-state index in [0.29, 0.717) is 29.1 Å². The van der Waals surface area contributed by atoms with Crippen molar-refractivity contribution in [3.8, 4) is 21.8 Å². The predicted octanol–water partition coefficient (Wildman–Crippen LogP) is 4.13. The zero-order valence-electron chi connectivity index (χ0n) is 17.2. The molecule has 1 saturated carbocycles. The summed E-state index contributed by atoms with van der Waals surface area (Å²) in [6, 6.07) is 10.8. The number of carbonyl (C=O) groups is 1. The lowest BCUT2D eigenvalue weighted by molar-refractivity contribution is -0.0153. The van der Waals surface area contributed by atoms with Crippen molar-refractivity contribution in [3.63, 3.8) is 0 Å². The van der Waals surface area contributed by atoms with E-state index in [1.807, 2.05) is 31.2 Å². The molecular weight excluding hydrogens is 416 g/mol. The third kappa shape index (κ3) is 4.83. The van der Waals surface area contributed by atoms with Gasteiger partial charge in [0.15, 0.2) is 5.13 Å². The Balaban J connectivity index is 1.77. The molecule has 2 aromatic heterocycles. The molecule has 1 aromatic carbocycles. The molecule has 3 N–H and O–H groups in total. The van der Waals surface area contributed by atoms with Gasteiger partial charge in [-0.15, -0.1) is 0 Å². The Hall–Kier alpha value is -3.04. The van der Waals surface area contributed by atoms with Gasteiger partial charge in [0.2, 0.25) is 0 Å². The Morgan fingerprint density at radius 1 is 1.23 bits per heavy atom. The maximum Gasteiger partial charge on any atom is 0.410 e. The van der Waals surface area contributed by atoms with Crippen molar-refractivity contribution in [2.45, 2.75) is 51.2 Å². The van der Waals surface area contributed by atoms with Crippen LogP contribution in [0.2, 0.25) is 0 Å². The molecule has 4 rings (SSSR count). The van der Waals surface area contributed by atoms with Crippen LogP contribution in [-0.4, -0.2) is 36.7 Å². The lowest BCUT2D eigenvalue weighted by Crippen LogP contribution is -2.40. The van der Waals surface area contributed by atoms with Crippen molar-refractivity contribution in [2.75, 3.05) is 5.32 Å². The number of nitrogens with one attached hydrogen (secondary N) is 1. The second-order valence-electron chi connectivity index (χ2n) is 8.00. The third-order valence-electron chi connectivity index (χ3n) is 5.46. The lowest BCUT2D eigenvalue weighted by atomic mass is 9.85. The summed E-state index contributed by atoms with van der Waals surface area (Å²) in [6.07, 6.45) is 3.04. The van der Waals surface area contributed by atoms with Gasteiger partial charge in [-0.1, -0.05) is 54.4 Å². The first-order valence-electron chi connectivity index (χ1n) is 10.2. The smallest absolute Gasteiger partial charge is 0.410 e. The van der Waals surface area contributed by atoms with E-state index in [0.717, 1.165) is 41.7 Å². The number of carboxylic acid groups (broad SMARTS) is 1. The van der Waals surface area contributed by atoms with Gasteiger partial charge in [0.25, 0.3) is 5.56 Å². The topological polar surface area (TPSA) is 117 Å². The van der Waals surface area contributed by atoms with Crippen molar-refractivity contribution >= 4 is 22.6 Å². The van der Waals surface area contributed by atoms with Crippen molar-refractivity contribution in [2.24, 2.45) is 0 Å². The Kier molecular flexibility index (Phi) is 5.88. The normalized spacial score (nSPS) is 15.5. The van der Waals surface area contributed by atoms with Crippen LogP contribution in [0.4, 0.5) is 9.93 Å². The molecule has 1 fully saturated rings. The molecule has 162 valence electrons. The van der Waals surface area contributed by atoms with Gasteiger partial charge in [-0.05, 0) is 31.9 Å². The molecule has 0 spiro atoms. The summed E-state index contributed by atoms with van der Waals surface area (Å²) < 4.78 is 1.31. The maximum absolute atomic E-state index is 12.5. The second kappa shape index (κ2) is 8.60. The van der Waals surface area contributed by atoms with Crippen LogP contribution in [0.5, 0.6) is 0 Å². The first-order valence-corrected chi connectivity index (χ1v) is 11.0. The van der Waals surface area contributed by atoms with Gasteiger partial charge in [0, 0.05) is 11.6 Å². The van der Waals surface area contributed by atoms with Crippen LogP contribution in [0.1, 0.15) is 37.7 Å². The standard InChI is InChI=1S/C22H24N4O4S/c1-14-6-5-7-15(12-14)18-19(31-20(23-18)24-21(28)29)16-8-9-17(27)26(25-16)13-22(30)10-3-2-4-11-22/h5-9,12,30H,2-4,10-11,13H2,1H3,(H,23,24)(H,28,29). The van der Waals surface area contributed by atoms with E-state index in [9.17, 15) is 14.7 Å². The number of hydrogen-bond donors (Lipinski definition) is 3. The molecule has 0 saturated heterocycles. The average Bonchev–Trinajstić information content (AvgIpc) is 3.13. The highest BCUT2D eigenvalue weighted by molar-refractivity contribution is 7.19. The molecular formula is C22H24N4O4S. The fourth-order valence-corrected chi connectivity index (χ4v) is 4.90. The van der Waals surface area contributed by atoms with Crippen LogP contribution in [0.25, 0.3) is 21.8 Å². The fourth-order valence-electron chi connectivity index (χ4n) is 3.96. The summed E-state index contributed by atoms with van der Waals surface area (Å²) in [7, 11) is 0. The third-order valence-corrected chi connectivity index (χ3v) is 6.45. The quantitative estimate of drug-likeness (QED) is 0.549. The number of aliphatic hydroxyl groups is 1. The van der Waals surface area contributed by atoms with Gasteiger partial charge in [-0.25, -0.2) is 14.5 Å². The first-order chi connectivity index (χ1) is 14.8. The van der Waals surface area contributed by atoms with Gasteiger partial charge in [-0.2, -0.15) is 5.10 Å². The molecule has 3 aromatic rings. The van der Waals surface area contributed by atoms with E-state index in [2.05, 4.69) is 15.4 Å². The van der Waals surface area contributed by atoms with E-state index in [-0.39, 0.29) is 17.2 Å². The highest BCUT2D eigenvalue weighted by atomic mass is 32.1. The molecule has 9 heteroatoms. The number of thiazole rings is 1. The van der Waals surface area contributed by atoms with Crippen LogP contribution in [0.15, 0.2) is 41.2 Å². The SMILES string of the molecule is Cc1cccc(-c2nc(NC(=O)O)sc2-c2ccc(=O)n(CC3(O)CCCCC3)n2)c1. The van der Waals surface area contributed by atoms with Crippen molar-refractivity contribution in [1.29, 1.82) is 0 Å². The van der Waals surface area contributed by atoms with Gasteiger partial charge in [0.05, 0.1) is 22.7 Å². The van der Waals surface area contributed by atoms with Crippen molar-refractivity contribution < 1.29 is 15.0 Å². The zero-order valence-corrected chi connectivity index (χ0v) is 18.0. The minimum absolute atomic E-state index is 0.137. The highest BCUT2D eigenvalue weighted by Gasteiger charge is 2.30. The Morgan fingerprint density at radius 3 is 2.71 bits per heavy atom. The number of hydrogen-bond acceptors (Lipinski definition) is 6. The Morgan fingerprint density at radius 2 is 2.00 bits per heavy atom. The number of rotatable bonds is 5. The summed E-state index contributed by atoms with van der Waals surface area (Å²) in [5.74, 6) is 0. The van der Waals surface area contributed by atoms with Crippen molar-refractivity contribution in [3.05, 3.63) is 52.3 Å². The Labute approximate surface area is 183 Å². The lowest BCUT2D eigenvalue weighted by Gasteiger charge is -2.31. The molecule has 0 unspecified atom stereocenters. The molecule has 1 aliphatic carbocycles. The van der Waals surface area contributed by atoms with E-state index in [1.165, 1.54) is 10.7 Å². The van der Waals surface area contributed by atoms with E-state index < -0.39 is 11.7 Å². The van der Waals surface area contributed by atoms with Gasteiger partial charge >= 0.3 is 6.09 Å². The minimum Gasteiger partial charge on any atom is -0.465 e. The minimum atomic E-state index is -1.20. The summed E-state index contributed by atoms with van der Waals surface area (Å²) in [4.78, 5) is 28.7. The first kappa shape index (κ1) is 21.2. The molecule has 0 bridgehead atoms. The molecule has 8 nitrogen and oxygen atoms in total. The summed E-state index contributed by atoms with van der Waals surface area (Å²) >= 11 is 1.16. The van der Waals surface area contributed by atoms with Crippen LogP contribution in [0.3, 0.4) is 0 Å². The number of aromatic nitrogens is 3. The number of aryl methyl sites for hydroxylation is 1. The molecule has 0 aliphatic heterocycles. The van der Waals surface area contributed by atoms with Gasteiger partial charge in [-0.3, -0.25) is 10.1 Å². The molecule has 0 atom stereocenters. The van der Waals surface area contributed by atoms with Crippen LogP contribution in [-0.2, 0) is 6.54 Å². The predicted molar refractivity (Wildman–Crippen MR) is 119 cm³/mol. The second-order valence-corrected chi connectivity index (χ2v) is 8.99.